The van der Waals surface area contributed by atoms with Gasteiger partial charge in [0.05, 0.1) is 13.0 Å². The van der Waals surface area contributed by atoms with Gasteiger partial charge >= 0.3 is 5.97 Å². The molecule has 1 N–H and O–H groups in total. The van der Waals surface area contributed by atoms with Crippen molar-refractivity contribution in [3.63, 3.8) is 0 Å². The van der Waals surface area contributed by atoms with Crippen molar-refractivity contribution < 1.29 is 9.53 Å². The van der Waals surface area contributed by atoms with E-state index >= 15 is 0 Å². The van der Waals surface area contributed by atoms with Crippen LogP contribution in [0.1, 0.15) is 40.0 Å². The van der Waals surface area contributed by atoms with Crippen LogP contribution in [0.2, 0.25) is 0 Å². The number of hydrogen-bond donors (Lipinski definition) is 1. The van der Waals surface area contributed by atoms with Gasteiger partial charge in [-0.25, -0.2) is 0 Å². The van der Waals surface area contributed by atoms with E-state index in [9.17, 15) is 4.79 Å². The molecule has 2 unspecified atom stereocenters. The molecule has 0 aliphatic heterocycles. The molecule has 0 radical (unpaired) electrons. The summed E-state index contributed by atoms with van der Waals surface area (Å²) in [6.45, 7) is 7.65. The van der Waals surface area contributed by atoms with Gasteiger partial charge in [0.25, 0.3) is 0 Å². The van der Waals surface area contributed by atoms with Crippen LogP contribution in [0.5, 0.6) is 0 Å². The molecule has 1 saturated carbocycles. The predicted octanol–water partition coefficient (Wildman–Crippen LogP) is 1.96. The Morgan fingerprint density at radius 1 is 1.47 bits per heavy atom. The van der Waals surface area contributed by atoms with Crippen LogP contribution in [-0.4, -0.2) is 25.2 Å². The van der Waals surface area contributed by atoms with Crippen LogP contribution in [0.4, 0.5) is 0 Å². The molecule has 1 rings (SSSR count). The summed E-state index contributed by atoms with van der Waals surface area (Å²) in [5, 5.41) is 3.39. The van der Waals surface area contributed by atoms with Gasteiger partial charge in [-0.3, -0.25) is 4.79 Å². The molecule has 0 aromatic heterocycles. The Morgan fingerprint density at radius 3 is 2.67 bits per heavy atom. The number of carbonyl (C=O) groups excluding carboxylic acids is 1. The van der Waals surface area contributed by atoms with Gasteiger partial charge in [-0.1, -0.05) is 6.92 Å². The minimum atomic E-state index is -0.100. The summed E-state index contributed by atoms with van der Waals surface area (Å²) in [5.41, 5.74) is 0. The van der Waals surface area contributed by atoms with Crippen molar-refractivity contribution in [1.29, 1.82) is 0 Å². The van der Waals surface area contributed by atoms with E-state index in [2.05, 4.69) is 12.2 Å². The van der Waals surface area contributed by atoms with Gasteiger partial charge in [-0.05, 0) is 45.1 Å². The second-order valence-corrected chi connectivity index (χ2v) is 4.63. The Labute approximate surface area is 92.6 Å². The minimum absolute atomic E-state index is 0.100. The van der Waals surface area contributed by atoms with Gasteiger partial charge in [-0.15, -0.1) is 0 Å². The summed E-state index contributed by atoms with van der Waals surface area (Å²) in [4.78, 5) is 11.2. The van der Waals surface area contributed by atoms with E-state index in [1.165, 1.54) is 12.8 Å². The lowest BCUT2D eigenvalue weighted by molar-refractivity contribution is -0.143. The smallest absolute Gasteiger partial charge is 0.307 e. The lowest BCUT2D eigenvalue weighted by Gasteiger charge is -2.16. The van der Waals surface area contributed by atoms with Gasteiger partial charge in [-0.2, -0.15) is 0 Å². The molecule has 0 saturated heterocycles. The molecule has 0 heterocycles. The van der Waals surface area contributed by atoms with Gasteiger partial charge < -0.3 is 10.1 Å². The van der Waals surface area contributed by atoms with E-state index in [1.807, 2.05) is 13.8 Å². The standard InChI is InChI=1S/C12H23NO2/c1-4-15-12(14)7-10(3)13-8-9(2)11-5-6-11/h9-11,13H,4-8H2,1-3H3. The van der Waals surface area contributed by atoms with Crippen LogP contribution in [0.25, 0.3) is 0 Å². The number of nitrogens with one attached hydrogen (secondary N) is 1. The molecular weight excluding hydrogens is 190 g/mol. The molecular formula is C12H23NO2. The largest absolute Gasteiger partial charge is 0.466 e. The zero-order chi connectivity index (χ0) is 11.3. The molecule has 0 amide bonds. The van der Waals surface area contributed by atoms with Crippen molar-refractivity contribution in [2.75, 3.05) is 13.2 Å². The SMILES string of the molecule is CCOC(=O)CC(C)NCC(C)C1CC1. The Morgan fingerprint density at radius 2 is 2.13 bits per heavy atom. The topological polar surface area (TPSA) is 38.3 Å². The summed E-state index contributed by atoms with van der Waals surface area (Å²) in [6, 6.07) is 0.227. The van der Waals surface area contributed by atoms with Gasteiger partial charge in [0.1, 0.15) is 0 Å². The Bertz CT molecular complexity index is 202. The van der Waals surface area contributed by atoms with Crippen molar-refractivity contribution >= 4 is 5.97 Å². The average Bonchev–Trinajstić information content (AvgIpc) is 2.97. The molecule has 88 valence electrons. The highest BCUT2D eigenvalue weighted by Gasteiger charge is 2.27. The van der Waals surface area contributed by atoms with Gasteiger partial charge in [0, 0.05) is 6.04 Å². The van der Waals surface area contributed by atoms with Crippen LogP contribution in [0.3, 0.4) is 0 Å². The van der Waals surface area contributed by atoms with Crippen LogP contribution < -0.4 is 5.32 Å². The third-order valence-corrected chi connectivity index (χ3v) is 2.99. The highest BCUT2D eigenvalue weighted by atomic mass is 16.5. The Kier molecular flexibility index (Phi) is 5.09. The first-order chi connectivity index (χ1) is 7.13. The summed E-state index contributed by atoms with van der Waals surface area (Å²) in [5.74, 6) is 1.57. The number of esters is 1. The highest BCUT2D eigenvalue weighted by molar-refractivity contribution is 5.69. The fourth-order valence-electron chi connectivity index (χ4n) is 1.76. The zero-order valence-electron chi connectivity index (χ0n) is 10.1. The highest BCUT2D eigenvalue weighted by Crippen LogP contribution is 2.36. The lowest BCUT2D eigenvalue weighted by atomic mass is 10.1. The van der Waals surface area contributed by atoms with Crippen LogP contribution in [0.15, 0.2) is 0 Å². The molecule has 1 aliphatic carbocycles. The van der Waals surface area contributed by atoms with Crippen molar-refractivity contribution in [2.45, 2.75) is 46.1 Å². The van der Waals surface area contributed by atoms with E-state index in [-0.39, 0.29) is 12.0 Å². The maximum absolute atomic E-state index is 11.2. The average molecular weight is 213 g/mol. The van der Waals surface area contributed by atoms with Gasteiger partial charge in [0.2, 0.25) is 0 Å². The van der Waals surface area contributed by atoms with E-state index in [1.54, 1.807) is 0 Å². The Balaban J connectivity index is 2.06. The van der Waals surface area contributed by atoms with E-state index in [0.29, 0.717) is 13.0 Å². The molecule has 1 fully saturated rings. The molecule has 3 nitrogen and oxygen atoms in total. The second-order valence-electron chi connectivity index (χ2n) is 4.63. The second kappa shape index (κ2) is 6.11. The first kappa shape index (κ1) is 12.5. The molecule has 2 atom stereocenters. The molecule has 0 spiro atoms. The molecule has 0 bridgehead atoms. The molecule has 0 aromatic carbocycles. The van der Waals surface area contributed by atoms with Gasteiger partial charge in [0.15, 0.2) is 0 Å². The number of carbonyl (C=O) groups is 1. The third-order valence-electron chi connectivity index (χ3n) is 2.99. The summed E-state index contributed by atoms with van der Waals surface area (Å²) in [6.07, 6.45) is 3.25. The van der Waals surface area contributed by atoms with E-state index < -0.39 is 0 Å². The molecule has 1 aliphatic rings. The van der Waals surface area contributed by atoms with E-state index in [4.69, 9.17) is 4.74 Å². The van der Waals surface area contributed by atoms with E-state index in [0.717, 1.165) is 18.4 Å². The van der Waals surface area contributed by atoms with Crippen molar-refractivity contribution in [1.82, 2.24) is 5.32 Å². The first-order valence-electron chi connectivity index (χ1n) is 6.02. The zero-order valence-corrected chi connectivity index (χ0v) is 10.1. The Hall–Kier alpha value is -0.570. The normalized spacial score (nSPS) is 19.7. The number of ether oxygens (including phenoxy) is 1. The fourth-order valence-corrected chi connectivity index (χ4v) is 1.76. The first-order valence-corrected chi connectivity index (χ1v) is 6.02. The van der Waals surface area contributed by atoms with Crippen molar-refractivity contribution in [2.24, 2.45) is 11.8 Å². The van der Waals surface area contributed by atoms with Crippen LogP contribution >= 0.6 is 0 Å². The summed E-state index contributed by atoms with van der Waals surface area (Å²) >= 11 is 0. The van der Waals surface area contributed by atoms with Crippen LogP contribution in [-0.2, 0) is 9.53 Å². The summed E-state index contributed by atoms with van der Waals surface area (Å²) < 4.78 is 4.90. The maximum Gasteiger partial charge on any atom is 0.307 e. The van der Waals surface area contributed by atoms with Crippen molar-refractivity contribution in [3.05, 3.63) is 0 Å². The third kappa shape index (κ3) is 5.17. The lowest BCUT2D eigenvalue weighted by Crippen LogP contribution is -2.33. The van der Waals surface area contributed by atoms with Crippen molar-refractivity contribution in [3.8, 4) is 0 Å². The fraction of sp³-hybridized carbons (Fsp3) is 0.917. The number of rotatable bonds is 7. The number of hydrogen-bond acceptors (Lipinski definition) is 3. The summed E-state index contributed by atoms with van der Waals surface area (Å²) in [7, 11) is 0. The maximum atomic E-state index is 11.2. The quantitative estimate of drug-likeness (QED) is 0.657. The minimum Gasteiger partial charge on any atom is -0.466 e. The predicted molar refractivity (Wildman–Crippen MR) is 60.6 cm³/mol. The monoisotopic (exact) mass is 213 g/mol. The molecule has 3 heteroatoms. The van der Waals surface area contributed by atoms with Crippen LogP contribution in [0, 0.1) is 11.8 Å². The molecule has 0 aromatic rings. The molecule has 15 heavy (non-hydrogen) atoms.